The summed E-state index contributed by atoms with van der Waals surface area (Å²) in [5.74, 6) is 0.0269. The van der Waals surface area contributed by atoms with Crippen molar-refractivity contribution in [2.75, 3.05) is 6.54 Å². The lowest BCUT2D eigenvalue weighted by Gasteiger charge is -2.40. The van der Waals surface area contributed by atoms with E-state index in [0.717, 1.165) is 13.0 Å². The molecule has 0 aromatic carbocycles. The van der Waals surface area contributed by atoms with Crippen molar-refractivity contribution >= 4 is 5.91 Å². The molecule has 4 nitrogen and oxygen atoms in total. The topological polar surface area (TPSA) is 56.1 Å². The zero-order valence-electron chi connectivity index (χ0n) is 9.99. The van der Waals surface area contributed by atoms with Crippen molar-refractivity contribution in [1.29, 1.82) is 5.26 Å². The predicted molar refractivity (Wildman–Crippen MR) is 60.6 cm³/mol. The minimum atomic E-state index is -0.255. The molecular formula is C12H19N3O. The van der Waals surface area contributed by atoms with E-state index < -0.39 is 0 Å². The Morgan fingerprint density at radius 3 is 2.81 bits per heavy atom. The highest BCUT2D eigenvalue weighted by atomic mass is 16.2. The fraction of sp³-hybridized carbons (Fsp3) is 0.833. The van der Waals surface area contributed by atoms with E-state index in [-0.39, 0.29) is 17.5 Å². The van der Waals surface area contributed by atoms with Gasteiger partial charge >= 0.3 is 0 Å². The Hall–Kier alpha value is -1.08. The molecule has 0 aromatic rings. The monoisotopic (exact) mass is 221 g/mol. The summed E-state index contributed by atoms with van der Waals surface area (Å²) in [7, 11) is 0. The average Bonchev–Trinajstić information content (AvgIpc) is 2.99. The Morgan fingerprint density at radius 1 is 1.56 bits per heavy atom. The second-order valence-electron chi connectivity index (χ2n) is 5.37. The van der Waals surface area contributed by atoms with E-state index in [1.165, 1.54) is 12.8 Å². The molecule has 88 valence electrons. The van der Waals surface area contributed by atoms with Crippen LogP contribution in [-0.4, -0.2) is 35.0 Å². The predicted octanol–water partition coefficient (Wildman–Crippen LogP) is 1.03. The van der Waals surface area contributed by atoms with Gasteiger partial charge in [-0.3, -0.25) is 9.69 Å². The van der Waals surface area contributed by atoms with Gasteiger partial charge in [-0.25, -0.2) is 0 Å². The Morgan fingerprint density at radius 2 is 2.25 bits per heavy atom. The molecule has 1 amide bonds. The molecule has 2 aliphatic rings. The maximum Gasteiger partial charge on any atom is 0.238 e. The van der Waals surface area contributed by atoms with Gasteiger partial charge in [-0.1, -0.05) is 0 Å². The Labute approximate surface area is 96.6 Å². The standard InChI is InChI=1S/C12H19N3O/c1-12(2)6-8-14-11(16)10(5-7-13)15(12)9-3-4-9/h9-10H,3-6,8H2,1-2H3,(H,14,16). The smallest absolute Gasteiger partial charge is 0.238 e. The molecule has 0 spiro atoms. The summed E-state index contributed by atoms with van der Waals surface area (Å²) in [5, 5.41) is 11.8. The average molecular weight is 221 g/mol. The third-order valence-electron chi connectivity index (χ3n) is 3.60. The van der Waals surface area contributed by atoms with Crippen LogP contribution in [0.3, 0.4) is 0 Å². The SMILES string of the molecule is CC1(C)CCNC(=O)C(CC#N)N1C1CC1. The molecule has 1 aliphatic carbocycles. The summed E-state index contributed by atoms with van der Waals surface area (Å²) in [6, 6.07) is 2.40. The van der Waals surface area contributed by atoms with Crippen LogP contribution in [0.2, 0.25) is 0 Å². The summed E-state index contributed by atoms with van der Waals surface area (Å²) in [6.45, 7) is 5.07. The fourth-order valence-electron chi connectivity index (χ4n) is 2.67. The number of rotatable bonds is 2. The van der Waals surface area contributed by atoms with E-state index in [9.17, 15) is 4.79 Å². The molecule has 1 saturated heterocycles. The molecule has 0 aromatic heterocycles. The third-order valence-corrected chi connectivity index (χ3v) is 3.60. The zero-order valence-corrected chi connectivity index (χ0v) is 9.99. The summed E-state index contributed by atoms with van der Waals surface area (Å²) in [5.41, 5.74) is 0.0157. The molecule has 0 bridgehead atoms. The van der Waals surface area contributed by atoms with Crippen LogP contribution in [0.25, 0.3) is 0 Å². The highest BCUT2D eigenvalue weighted by Crippen LogP contribution is 2.37. The van der Waals surface area contributed by atoms with Gasteiger partial charge in [0.25, 0.3) is 0 Å². The molecule has 16 heavy (non-hydrogen) atoms. The maximum absolute atomic E-state index is 11.9. The van der Waals surface area contributed by atoms with Crippen LogP contribution in [0.15, 0.2) is 0 Å². The molecule has 2 rings (SSSR count). The zero-order chi connectivity index (χ0) is 11.8. The molecule has 1 heterocycles. The number of carbonyl (C=O) groups excluding carboxylic acids is 1. The number of hydrogen-bond donors (Lipinski definition) is 1. The van der Waals surface area contributed by atoms with Crippen molar-refractivity contribution in [2.24, 2.45) is 0 Å². The van der Waals surface area contributed by atoms with E-state index in [1.54, 1.807) is 0 Å². The normalized spacial score (nSPS) is 30.3. The van der Waals surface area contributed by atoms with Crippen molar-refractivity contribution in [3.63, 3.8) is 0 Å². The first-order chi connectivity index (χ1) is 7.56. The van der Waals surface area contributed by atoms with E-state index in [2.05, 4.69) is 30.1 Å². The van der Waals surface area contributed by atoms with Gasteiger partial charge in [0.1, 0.15) is 6.04 Å². The Kier molecular flexibility index (Phi) is 2.90. The van der Waals surface area contributed by atoms with Crippen molar-refractivity contribution in [3.8, 4) is 6.07 Å². The van der Waals surface area contributed by atoms with Crippen LogP contribution in [0.4, 0.5) is 0 Å². The molecule has 1 unspecified atom stereocenters. The summed E-state index contributed by atoms with van der Waals surface area (Å²) >= 11 is 0. The van der Waals surface area contributed by atoms with Gasteiger partial charge < -0.3 is 5.32 Å². The van der Waals surface area contributed by atoms with Crippen LogP contribution in [-0.2, 0) is 4.79 Å². The van der Waals surface area contributed by atoms with Gasteiger partial charge in [0, 0.05) is 18.1 Å². The second kappa shape index (κ2) is 4.06. The summed E-state index contributed by atoms with van der Waals surface area (Å²) in [6.07, 6.45) is 3.58. The molecular weight excluding hydrogens is 202 g/mol. The van der Waals surface area contributed by atoms with Crippen LogP contribution >= 0.6 is 0 Å². The van der Waals surface area contributed by atoms with Crippen LogP contribution in [0.5, 0.6) is 0 Å². The largest absolute Gasteiger partial charge is 0.355 e. The van der Waals surface area contributed by atoms with Crippen molar-refractivity contribution in [1.82, 2.24) is 10.2 Å². The molecule has 1 atom stereocenters. The minimum absolute atomic E-state index is 0.0157. The lowest BCUT2D eigenvalue weighted by molar-refractivity contribution is -0.127. The van der Waals surface area contributed by atoms with Crippen LogP contribution in [0.1, 0.15) is 39.5 Å². The minimum Gasteiger partial charge on any atom is -0.355 e. The third kappa shape index (κ3) is 2.05. The van der Waals surface area contributed by atoms with Gasteiger partial charge in [0.2, 0.25) is 5.91 Å². The van der Waals surface area contributed by atoms with Gasteiger partial charge in [-0.05, 0) is 33.1 Å². The van der Waals surface area contributed by atoms with Crippen molar-refractivity contribution in [3.05, 3.63) is 0 Å². The highest BCUT2D eigenvalue weighted by Gasteiger charge is 2.46. The lowest BCUT2D eigenvalue weighted by Crippen LogP contribution is -2.53. The first kappa shape index (κ1) is 11.4. The fourth-order valence-corrected chi connectivity index (χ4v) is 2.67. The van der Waals surface area contributed by atoms with Gasteiger partial charge in [-0.15, -0.1) is 0 Å². The Bertz CT molecular complexity index is 328. The van der Waals surface area contributed by atoms with E-state index in [4.69, 9.17) is 5.26 Å². The molecule has 1 N–H and O–H groups in total. The van der Waals surface area contributed by atoms with Gasteiger partial charge in [-0.2, -0.15) is 5.26 Å². The molecule has 0 radical (unpaired) electrons. The number of nitrogens with one attached hydrogen (secondary N) is 1. The number of hydrogen-bond acceptors (Lipinski definition) is 3. The van der Waals surface area contributed by atoms with E-state index >= 15 is 0 Å². The molecule has 4 heteroatoms. The van der Waals surface area contributed by atoms with E-state index in [0.29, 0.717) is 12.5 Å². The maximum atomic E-state index is 11.9. The molecule has 1 saturated carbocycles. The second-order valence-corrected chi connectivity index (χ2v) is 5.37. The quantitative estimate of drug-likeness (QED) is 0.757. The number of amides is 1. The van der Waals surface area contributed by atoms with Crippen LogP contribution in [0, 0.1) is 11.3 Å². The number of carbonyl (C=O) groups is 1. The first-order valence-electron chi connectivity index (χ1n) is 5.99. The molecule has 2 fully saturated rings. The number of nitrogens with zero attached hydrogens (tertiary/aromatic N) is 2. The molecule has 1 aliphatic heterocycles. The lowest BCUT2D eigenvalue weighted by atomic mass is 9.96. The van der Waals surface area contributed by atoms with Crippen molar-refractivity contribution < 1.29 is 4.79 Å². The van der Waals surface area contributed by atoms with Crippen molar-refractivity contribution in [2.45, 2.75) is 57.2 Å². The number of nitriles is 1. The van der Waals surface area contributed by atoms with E-state index in [1.807, 2.05) is 0 Å². The Balaban J connectivity index is 2.26. The van der Waals surface area contributed by atoms with Gasteiger partial charge in [0.05, 0.1) is 12.5 Å². The van der Waals surface area contributed by atoms with Gasteiger partial charge in [0.15, 0.2) is 0 Å². The van der Waals surface area contributed by atoms with Crippen LogP contribution < -0.4 is 5.32 Å². The summed E-state index contributed by atoms with van der Waals surface area (Å²) in [4.78, 5) is 14.2. The first-order valence-corrected chi connectivity index (χ1v) is 5.99. The highest BCUT2D eigenvalue weighted by molar-refractivity contribution is 5.82. The summed E-state index contributed by atoms with van der Waals surface area (Å²) < 4.78 is 0.